The molecule has 4 rings (SSSR count). The van der Waals surface area contributed by atoms with E-state index in [-0.39, 0.29) is 0 Å². The second-order valence-corrected chi connectivity index (χ2v) is 6.14. The van der Waals surface area contributed by atoms with Crippen molar-refractivity contribution in [2.24, 2.45) is 0 Å². The van der Waals surface area contributed by atoms with Crippen molar-refractivity contribution in [2.45, 2.75) is 25.7 Å². The second-order valence-electron chi connectivity index (χ2n) is 6.14. The lowest BCUT2D eigenvalue weighted by Crippen LogP contribution is -2.09. The summed E-state index contributed by atoms with van der Waals surface area (Å²) in [4.78, 5) is 0. The maximum absolute atomic E-state index is 6.08. The molecule has 0 N–H and O–H groups in total. The van der Waals surface area contributed by atoms with Crippen molar-refractivity contribution in [3.63, 3.8) is 0 Å². The van der Waals surface area contributed by atoms with Crippen LogP contribution in [0.5, 0.6) is 0 Å². The quantitative estimate of drug-likeness (QED) is 0.626. The van der Waals surface area contributed by atoms with Crippen LogP contribution in [0.1, 0.15) is 35.1 Å². The molecule has 0 unspecified atom stereocenters. The molecule has 0 atom stereocenters. The third-order valence-electron chi connectivity index (χ3n) is 4.66. The zero-order chi connectivity index (χ0) is 14.9. The van der Waals surface area contributed by atoms with E-state index in [1.807, 2.05) is 0 Å². The molecule has 2 aliphatic rings. The van der Waals surface area contributed by atoms with Crippen LogP contribution < -0.4 is 0 Å². The SMILES string of the molecule is C=C1CCOC(=C2c3ccccc3CCc3ccccc32)C1. The van der Waals surface area contributed by atoms with Crippen LogP contribution in [-0.4, -0.2) is 6.61 Å². The molecule has 0 amide bonds. The molecule has 1 aliphatic carbocycles. The molecule has 1 nitrogen and oxygen atoms in total. The zero-order valence-corrected chi connectivity index (χ0v) is 12.8. The summed E-state index contributed by atoms with van der Waals surface area (Å²) in [5.74, 6) is 1.10. The van der Waals surface area contributed by atoms with E-state index < -0.39 is 0 Å². The number of hydrogen-bond donors (Lipinski definition) is 0. The molecule has 1 heterocycles. The largest absolute Gasteiger partial charge is 0.497 e. The number of fused-ring (bicyclic) bond motifs is 2. The van der Waals surface area contributed by atoms with E-state index in [0.717, 1.165) is 38.0 Å². The molecule has 110 valence electrons. The molecule has 0 aromatic heterocycles. The van der Waals surface area contributed by atoms with Crippen LogP contribution >= 0.6 is 0 Å². The van der Waals surface area contributed by atoms with E-state index in [1.54, 1.807) is 0 Å². The Kier molecular flexibility index (Phi) is 3.34. The van der Waals surface area contributed by atoms with Gasteiger partial charge in [0.05, 0.1) is 6.61 Å². The van der Waals surface area contributed by atoms with Gasteiger partial charge in [0, 0.05) is 18.4 Å². The van der Waals surface area contributed by atoms with Crippen molar-refractivity contribution in [1.29, 1.82) is 0 Å². The van der Waals surface area contributed by atoms with E-state index >= 15 is 0 Å². The fourth-order valence-electron chi connectivity index (χ4n) is 3.52. The number of allylic oxidation sites excluding steroid dienone is 1. The average Bonchev–Trinajstić information content (AvgIpc) is 2.71. The van der Waals surface area contributed by atoms with Gasteiger partial charge in [-0.15, -0.1) is 0 Å². The first-order valence-electron chi connectivity index (χ1n) is 8.02. The summed E-state index contributed by atoms with van der Waals surface area (Å²) >= 11 is 0. The normalized spacial score (nSPS) is 17.4. The minimum absolute atomic E-state index is 0.752. The minimum atomic E-state index is 0.752. The lowest BCUT2D eigenvalue weighted by Gasteiger charge is -2.23. The van der Waals surface area contributed by atoms with Crippen LogP contribution in [0, 0.1) is 0 Å². The van der Waals surface area contributed by atoms with Gasteiger partial charge >= 0.3 is 0 Å². The van der Waals surface area contributed by atoms with Crippen LogP contribution in [0.15, 0.2) is 66.4 Å². The van der Waals surface area contributed by atoms with Crippen molar-refractivity contribution >= 4 is 5.57 Å². The fourth-order valence-corrected chi connectivity index (χ4v) is 3.52. The standard InChI is InChI=1S/C21H20O/c1-15-12-13-22-20(14-15)21-18-8-4-2-6-16(18)10-11-17-7-3-5-9-19(17)21/h2-9H,1,10-14H2. The topological polar surface area (TPSA) is 9.23 Å². The predicted octanol–water partition coefficient (Wildman–Crippen LogP) is 4.91. The number of rotatable bonds is 0. The molecule has 2 aromatic rings. The van der Waals surface area contributed by atoms with Crippen LogP contribution in [0.2, 0.25) is 0 Å². The van der Waals surface area contributed by atoms with Crippen LogP contribution in [0.4, 0.5) is 0 Å². The Balaban J connectivity index is 1.99. The molecular formula is C21H20O. The van der Waals surface area contributed by atoms with Crippen molar-refractivity contribution < 1.29 is 4.74 Å². The number of hydrogen-bond acceptors (Lipinski definition) is 1. The Morgan fingerprint density at radius 1 is 0.773 bits per heavy atom. The molecule has 0 radical (unpaired) electrons. The lowest BCUT2D eigenvalue weighted by atomic mass is 9.90. The summed E-state index contributed by atoms with van der Waals surface area (Å²) in [6.07, 6.45) is 4.01. The van der Waals surface area contributed by atoms with Gasteiger partial charge in [-0.25, -0.2) is 0 Å². The second kappa shape index (κ2) is 5.49. The Labute approximate surface area is 131 Å². The first-order chi connectivity index (χ1) is 10.8. The fraction of sp³-hybridized carbons (Fsp3) is 0.238. The van der Waals surface area contributed by atoms with E-state index in [0.29, 0.717) is 0 Å². The summed E-state index contributed by atoms with van der Waals surface area (Å²) in [7, 11) is 0. The van der Waals surface area contributed by atoms with E-state index in [4.69, 9.17) is 4.74 Å². The predicted molar refractivity (Wildman–Crippen MR) is 90.6 cm³/mol. The highest BCUT2D eigenvalue weighted by molar-refractivity contribution is 5.85. The lowest BCUT2D eigenvalue weighted by molar-refractivity contribution is 0.191. The minimum Gasteiger partial charge on any atom is -0.497 e. The summed E-state index contributed by atoms with van der Waals surface area (Å²) in [5.41, 5.74) is 8.05. The Hall–Kier alpha value is -2.28. The van der Waals surface area contributed by atoms with Crippen molar-refractivity contribution in [1.82, 2.24) is 0 Å². The van der Waals surface area contributed by atoms with Gasteiger partial charge in [-0.1, -0.05) is 60.7 Å². The average molecular weight is 288 g/mol. The smallest absolute Gasteiger partial charge is 0.108 e. The van der Waals surface area contributed by atoms with Gasteiger partial charge in [-0.05, 0) is 35.1 Å². The molecule has 0 spiro atoms. The summed E-state index contributed by atoms with van der Waals surface area (Å²) in [5, 5.41) is 0. The van der Waals surface area contributed by atoms with Crippen LogP contribution in [0.3, 0.4) is 0 Å². The number of ether oxygens (including phenoxy) is 1. The number of aryl methyl sites for hydroxylation is 2. The molecule has 1 saturated heterocycles. The summed E-state index contributed by atoms with van der Waals surface area (Å²) < 4.78 is 6.08. The van der Waals surface area contributed by atoms with Gasteiger partial charge in [0.15, 0.2) is 0 Å². The highest BCUT2D eigenvalue weighted by atomic mass is 16.5. The van der Waals surface area contributed by atoms with E-state index in [9.17, 15) is 0 Å². The third kappa shape index (κ3) is 2.27. The molecule has 1 fully saturated rings. The molecule has 0 bridgehead atoms. The maximum Gasteiger partial charge on any atom is 0.108 e. The summed E-state index contributed by atoms with van der Waals surface area (Å²) in [6.45, 7) is 4.93. The molecule has 1 aliphatic heterocycles. The monoisotopic (exact) mass is 288 g/mol. The van der Waals surface area contributed by atoms with Crippen molar-refractivity contribution in [2.75, 3.05) is 6.61 Å². The van der Waals surface area contributed by atoms with E-state index in [2.05, 4.69) is 55.1 Å². The highest BCUT2D eigenvalue weighted by Gasteiger charge is 2.23. The Morgan fingerprint density at radius 2 is 1.36 bits per heavy atom. The van der Waals surface area contributed by atoms with Gasteiger partial charge in [0.2, 0.25) is 0 Å². The van der Waals surface area contributed by atoms with Gasteiger partial charge in [0.25, 0.3) is 0 Å². The molecular weight excluding hydrogens is 268 g/mol. The first kappa shape index (κ1) is 13.4. The molecule has 0 saturated carbocycles. The maximum atomic E-state index is 6.08. The van der Waals surface area contributed by atoms with Crippen molar-refractivity contribution in [3.05, 3.63) is 88.7 Å². The Bertz CT molecular complexity index is 717. The molecule has 1 heteroatoms. The first-order valence-corrected chi connectivity index (χ1v) is 8.02. The third-order valence-corrected chi connectivity index (χ3v) is 4.66. The molecule has 22 heavy (non-hydrogen) atoms. The van der Waals surface area contributed by atoms with Gasteiger partial charge < -0.3 is 4.74 Å². The van der Waals surface area contributed by atoms with Crippen molar-refractivity contribution in [3.8, 4) is 0 Å². The number of benzene rings is 2. The van der Waals surface area contributed by atoms with E-state index in [1.165, 1.54) is 33.4 Å². The van der Waals surface area contributed by atoms with Crippen LogP contribution in [0.25, 0.3) is 5.57 Å². The van der Waals surface area contributed by atoms with Gasteiger partial charge in [0.1, 0.15) is 5.76 Å². The van der Waals surface area contributed by atoms with Gasteiger partial charge in [-0.2, -0.15) is 0 Å². The Morgan fingerprint density at radius 3 is 1.95 bits per heavy atom. The van der Waals surface area contributed by atoms with Crippen LogP contribution in [-0.2, 0) is 17.6 Å². The zero-order valence-electron chi connectivity index (χ0n) is 12.8. The molecule has 2 aromatic carbocycles. The van der Waals surface area contributed by atoms with Gasteiger partial charge in [-0.3, -0.25) is 0 Å². The summed E-state index contributed by atoms with van der Waals surface area (Å²) in [6, 6.07) is 17.5. The highest BCUT2D eigenvalue weighted by Crippen LogP contribution is 2.38.